The van der Waals surface area contributed by atoms with E-state index in [0.717, 1.165) is 34.1 Å². The fourth-order valence-electron chi connectivity index (χ4n) is 12.8. The monoisotopic (exact) mass is 1090 g/mol. The molecule has 5 heteroatoms. The predicted molar refractivity (Wildman–Crippen MR) is 360 cm³/mol. The highest BCUT2D eigenvalue weighted by Crippen LogP contribution is 2.50. The van der Waals surface area contributed by atoms with Gasteiger partial charge in [0.25, 0.3) is 6.71 Å². The molecule has 0 fully saturated rings. The number of fused-ring (bicyclic) bond motifs is 7. The summed E-state index contributed by atoms with van der Waals surface area (Å²) in [5, 5.41) is 2.62. The second-order valence-corrected chi connectivity index (χ2v) is 26.9. The van der Waals surface area contributed by atoms with Crippen molar-refractivity contribution in [2.45, 2.75) is 78.6 Å². The molecule has 1 aromatic heterocycles. The van der Waals surface area contributed by atoms with Gasteiger partial charge < -0.3 is 14.7 Å². The molecule has 404 valence electrons. The van der Waals surface area contributed by atoms with Gasteiger partial charge in [-0.25, -0.2) is 0 Å². The van der Waals surface area contributed by atoms with Gasteiger partial charge in [0.1, 0.15) is 0 Å². The third kappa shape index (κ3) is 9.23. The fraction of sp³-hybridized carbons (Fsp3) is 0.154. The van der Waals surface area contributed by atoms with Crippen LogP contribution >= 0.6 is 11.3 Å². The van der Waals surface area contributed by atoms with Gasteiger partial charge in [-0.05, 0) is 168 Å². The zero-order valence-corrected chi connectivity index (χ0v) is 49.8. The van der Waals surface area contributed by atoms with E-state index in [2.05, 4.69) is 326 Å². The van der Waals surface area contributed by atoms with E-state index in [1.165, 1.54) is 104 Å². The Labute approximate surface area is 494 Å². The van der Waals surface area contributed by atoms with Gasteiger partial charge >= 0.3 is 0 Å². The fourth-order valence-corrected chi connectivity index (χ4v) is 14.0. The Morgan fingerprint density at radius 3 is 1.34 bits per heavy atom. The maximum absolute atomic E-state index is 2.59. The molecule has 2 aliphatic heterocycles. The molecule has 0 saturated carbocycles. The lowest BCUT2D eigenvalue weighted by molar-refractivity contribution is 0.590. The Kier molecular flexibility index (Phi) is 12.5. The van der Waals surface area contributed by atoms with Crippen molar-refractivity contribution in [1.29, 1.82) is 0 Å². The van der Waals surface area contributed by atoms with E-state index < -0.39 is 0 Å². The predicted octanol–water partition coefficient (Wildman–Crippen LogP) is 20.5. The molecular weight excluding hydrogens is 1020 g/mol. The number of anilines is 9. The second kappa shape index (κ2) is 19.9. The molecule has 0 aliphatic carbocycles. The van der Waals surface area contributed by atoms with Crippen LogP contribution in [0.4, 0.5) is 51.2 Å². The average molecular weight is 1090 g/mol. The normalized spacial score (nSPS) is 13.0. The minimum Gasteiger partial charge on any atom is -0.311 e. The minimum atomic E-state index is -0.189. The van der Waals surface area contributed by atoms with Crippen LogP contribution in [0.25, 0.3) is 53.6 Å². The zero-order chi connectivity index (χ0) is 56.9. The highest BCUT2D eigenvalue weighted by atomic mass is 32.1. The summed E-state index contributed by atoms with van der Waals surface area (Å²) in [7, 11) is 0. The molecule has 0 atom stereocenters. The third-order valence-electron chi connectivity index (χ3n) is 17.3. The van der Waals surface area contributed by atoms with Crippen molar-refractivity contribution in [3.05, 3.63) is 265 Å². The summed E-state index contributed by atoms with van der Waals surface area (Å²) in [6, 6.07) is 93.9. The van der Waals surface area contributed by atoms with Gasteiger partial charge in [0.2, 0.25) is 0 Å². The van der Waals surface area contributed by atoms with Crippen molar-refractivity contribution < 1.29 is 0 Å². The maximum Gasteiger partial charge on any atom is 0.252 e. The van der Waals surface area contributed by atoms with Gasteiger partial charge in [-0.1, -0.05) is 226 Å². The molecule has 12 aromatic rings. The SMILES string of the molecule is CC(C)(C)c1ccc(N(c2ccc(C(C)(C)C)cc2)c2ccc3c(c2)N(c2ccc(-c4cccc5c4sc4ccccc45)cc2)c2cc(C(C)(C)C)cc4c2B3c2ccc(-c3ccccc3)cc2N4c2ccc(-c3ccccc3)cc2)cc1. The Bertz CT molecular complexity index is 4350. The first-order valence-corrected chi connectivity index (χ1v) is 30.2. The van der Waals surface area contributed by atoms with Crippen LogP contribution in [0.2, 0.25) is 0 Å². The van der Waals surface area contributed by atoms with Crippen molar-refractivity contribution in [1.82, 2.24) is 0 Å². The molecule has 0 saturated heterocycles. The van der Waals surface area contributed by atoms with E-state index in [-0.39, 0.29) is 23.0 Å². The number of hydrogen-bond donors (Lipinski definition) is 0. The van der Waals surface area contributed by atoms with E-state index in [0.29, 0.717) is 0 Å². The lowest BCUT2D eigenvalue weighted by atomic mass is 9.33. The summed E-state index contributed by atoms with van der Waals surface area (Å²) in [5.41, 5.74) is 25.2. The van der Waals surface area contributed by atoms with Crippen molar-refractivity contribution in [3.8, 4) is 33.4 Å². The Morgan fingerprint density at radius 1 is 0.337 bits per heavy atom. The number of thiophene rings is 1. The molecule has 0 unspecified atom stereocenters. The van der Waals surface area contributed by atoms with Gasteiger partial charge in [0.05, 0.1) is 0 Å². The van der Waals surface area contributed by atoms with Crippen LogP contribution in [0.5, 0.6) is 0 Å². The lowest BCUT2D eigenvalue weighted by Gasteiger charge is -2.45. The Morgan fingerprint density at radius 2 is 0.783 bits per heavy atom. The molecular formula is C78H68BN3S. The highest BCUT2D eigenvalue weighted by Gasteiger charge is 2.44. The van der Waals surface area contributed by atoms with Crippen molar-refractivity contribution in [2.24, 2.45) is 0 Å². The molecule has 2 aliphatic rings. The topological polar surface area (TPSA) is 9.72 Å². The maximum atomic E-state index is 2.59. The molecule has 14 rings (SSSR count). The molecule has 0 spiro atoms. The highest BCUT2D eigenvalue weighted by molar-refractivity contribution is 7.26. The van der Waals surface area contributed by atoms with Crippen LogP contribution in [0.1, 0.15) is 79.0 Å². The first-order chi connectivity index (χ1) is 40.0. The Balaban J connectivity index is 1.02. The van der Waals surface area contributed by atoms with Crippen LogP contribution in [0.3, 0.4) is 0 Å². The molecule has 0 bridgehead atoms. The number of nitrogens with zero attached hydrogens (tertiary/aromatic N) is 3. The zero-order valence-electron chi connectivity index (χ0n) is 49.0. The molecule has 11 aromatic carbocycles. The van der Waals surface area contributed by atoms with E-state index in [1.54, 1.807) is 0 Å². The number of benzene rings is 11. The molecule has 3 nitrogen and oxygen atoms in total. The van der Waals surface area contributed by atoms with Crippen LogP contribution in [0, 0.1) is 0 Å². The summed E-state index contributed by atoms with van der Waals surface area (Å²) < 4.78 is 2.63. The van der Waals surface area contributed by atoms with Crippen LogP contribution in [-0.2, 0) is 16.2 Å². The summed E-state index contributed by atoms with van der Waals surface area (Å²) >= 11 is 1.89. The summed E-state index contributed by atoms with van der Waals surface area (Å²) in [6.07, 6.45) is 0. The lowest BCUT2D eigenvalue weighted by Crippen LogP contribution is -2.61. The summed E-state index contributed by atoms with van der Waals surface area (Å²) in [6.45, 7) is 20.8. The van der Waals surface area contributed by atoms with Crippen LogP contribution < -0.4 is 31.1 Å². The van der Waals surface area contributed by atoms with Gasteiger partial charge in [0, 0.05) is 71.4 Å². The van der Waals surface area contributed by atoms with E-state index in [9.17, 15) is 0 Å². The van der Waals surface area contributed by atoms with Crippen molar-refractivity contribution in [2.75, 3.05) is 14.7 Å². The minimum absolute atomic E-state index is 0.0153. The largest absolute Gasteiger partial charge is 0.311 e. The van der Waals surface area contributed by atoms with Crippen molar-refractivity contribution >= 4 is 106 Å². The third-order valence-corrected chi connectivity index (χ3v) is 18.6. The molecule has 3 heterocycles. The standard InChI is InChI=1S/C78H68BN3S/c1-76(2,3)56-32-40-59(41-33-56)80(60-42-34-57(35-43-60)77(4,5)6)63-44-46-68-70(50-63)82(62-38-29-54(30-39-62)64-24-18-25-66-65-23-16-17-26-73(65)83-75(64)66)72-49-58(78(7,8)9)48-71-74(72)79(68)67-45-31-55(52-21-14-11-15-22-52)47-69(67)81(71)61-36-27-53(28-37-61)51-19-12-10-13-20-51/h10-50H,1-9H3. The quantitative estimate of drug-likeness (QED) is 0.140. The van der Waals surface area contributed by atoms with E-state index in [1.807, 2.05) is 11.3 Å². The molecule has 83 heavy (non-hydrogen) atoms. The van der Waals surface area contributed by atoms with Gasteiger partial charge in [-0.3, -0.25) is 0 Å². The number of hydrogen-bond acceptors (Lipinski definition) is 4. The molecule has 0 radical (unpaired) electrons. The Hall–Kier alpha value is -8.90. The van der Waals surface area contributed by atoms with E-state index in [4.69, 9.17) is 0 Å². The van der Waals surface area contributed by atoms with E-state index >= 15 is 0 Å². The van der Waals surface area contributed by atoms with Gasteiger partial charge in [-0.15, -0.1) is 11.3 Å². The van der Waals surface area contributed by atoms with Crippen LogP contribution in [-0.4, -0.2) is 6.71 Å². The molecule has 0 N–H and O–H groups in total. The van der Waals surface area contributed by atoms with Crippen LogP contribution in [0.15, 0.2) is 249 Å². The summed E-state index contributed by atoms with van der Waals surface area (Å²) in [5.74, 6) is 0. The van der Waals surface area contributed by atoms with Gasteiger partial charge in [0.15, 0.2) is 0 Å². The van der Waals surface area contributed by atoms with Crippen molar-refractivity contribution in [3.63, 3.8) is 0 Å². The number of rotatable bonds is 8. The smallest absolute Gasteiger partial charge is 0.252 e. The average Bonchev–Trinajstić information content (AvgIpc) is 4.14. The van der Waals surface area contributed by atoms with Gasteiger partial charge in [-0.2, -0.15) is 0 Å². The first-order valence-electron chi connectivity index (χ1n) is 29.3. The molecule has 0 amide bonds. The first kappa shape index (κ1) is 52.2. The summed E-state index contributed by atoms with van der Waals surface area (Å²) in [4.78, 5) is 7.62. The second-order valence-electron chi connectivity index (χ2n) is 25.8.